The minimum absolute atomic E-state index is 0.00804. The summed E-state index contributed by atoms with van der Waals surface area (Å²) in [6.45, 7) is 1.28. The molecule has 40 heavy (non-hydrogen) atoms. The summed E-state index contributed by atoms with van der Waals surface area (Å²) in [6, 6.07) is 17.0. The van der Waals surface area contributed by atoms with E-state index in [0.29, 0.717) is 53.0 Å². The minimum Gasteiger partial charge on any atom is -0.477 e. The molecule has 0 amide bonds. The second-order valence-corrected chi connectivity index (χ2v) is 9.82. The number of carboxylic acids is 1. The number of aromatic nitrogens is 5. The molecule has 1 aliphatic heterocycles. The van der Waals surface area contributed by atoms with Crippen molar-refractivity contribution >= 4 is 28.7 Å². The van der Waals surface area contributed by atoms with E-state index in [4.69, 9.17) is 26.1 Å². The van der Waals surface area contributed by atoms with Gasteiger partial charge in [-0.1, -0.05) is 41.9 Å². The summed E-state index contributed by atoms with van der Waals surface area (Å²) in [5, 5.41) is 9.72. The molecular formula is C29H23ClFN5O4. The zero-order valence-corrected chi connectivity index (χ0v) is 21.9. The highest BCUT2D eigenvalue weighted by atomic mass is 35.5. The molecular weight excluding hydrogens is 537 g/mol. The van der Waals surface area contributed by atoms with E-state index < -0.39 is 11.8 Å². The number of imidazole rings is 1. The van der Waals surface area contributed by atoms with Crippen molar-refractivity contribution < 1.29 is 23.8 Å². The maximum Gasteiger partial charge on any atom is 0.354 e. The summed E-state index contributed by atoms with van der Waals surface area (Å²) in [6.07, 6.45) is 3.09. The van der Waals surface area contributed by atoms with Gasteiger partial charge in [-0.3, -0.25) is 0 Å². The predicted molar refractivity (Wildman–Crippen MR) is 145 cm³/mol. The van der Waals surface area contributed by atoms with E-state index in [2.05, 4.69) is 15.0 Å². The van der Waals surface area contributed by atoms with E-state index in [1.54, 1.807) is 30.5 Å². The number of benzene rings is 2. The lowest BCUT2D eigenvalue weighted by molar-refractivity contribution is -0.0590. The number of rotatable bonds is 9. The number of pyridine rings is 1. The number of aromatic carboxylic acids is 1. The van der Waals surface area contributed by atoms with Crippen LogP contribution in [0.5, 0.6) is 5.88 Å². The highest BCUT2D eigenvalue weighted by molar-refractivity contribution is 6.30. The van der Waals surface area contributed by atoms with Crippen molar-refractivity contribution in [2.75, 3.05) is 6.61 Å². The fourth-order valence-electron chi connectivity index (χ4n) is 4.43. The van der Waals surface area contributed by atoms with E-state index in [1.165, 1.54) is 12.1 Å². The number of nitrogens with zero attached hydrogens (tertiary/aromatic N) is 5. The highest BCUT2D eigenvalue weighted by Crippen LogP contribution is 2.24. The first kappa shape index (κ1) is 25.8. The lowest BCUT2D eigenvalue weighted by atomic mass is 10.1. The van der Waals surface area contributed by atoms with Crippen molar-refractivity contribution in [3.63, 3.8) is 0 Å². The molecule has 1 aliphatic rings. The third kappa shape index (κ3) is 5.49. The van der Waals surface area contributed by atoms with Gasteiger partial charge in [0.15, 0.2) is 17.2 Å². The van der Waals surface area contributed by atoms with Gasteiger partial charge >= 0.3 is 5.97 Å². The number of carboxylic acid groups (broad SMARTS) is 1. The Morgan fingerprint density at radius 1 is 1.10 bits per heavy atom. The van der Waals surface area contributed by atoms with E-state index in [1.807, 2.05) is 28.8 Å². The van der Waals surface area contributed by atoms with E-state index in [9.17, 15) is 14.3 Å². The maximum absolute atomic E-state index is 14.1. The second kappa shape index (κ2) is 11.0. The number of carbonyl (C=O) groups is 1. The Labute approximate surface area is 233 Å². The maximum atomic E-state index is 14.1. The first-order valence-electron chi connectivity index (χ1n) is 12.6. The molecule has 9 nitrogen and oxygen atoms in total. The van der Waals surface area contributed by atoms with Gasteiger partial charge in [0.1, 0.15) is 23.8 Å². The van der Waals surface area contributed by atoms with E-state index in [0.717, 1.165) is 23.4 Å². The van der Waals surface area contributed by atoms with Crippen LogP contribution in [0, 0.1) is 5.82 Å². The standard InChI is InChI=1S/C29H23ClFN5O4/c30-20-6-5-19(22(31)14-20)16-40-26-9-11-32-27(35-26)18-3-1-17(2-4-18)13-25-33-23-7-8-24(29(37)38)34-28(23)36(25)15-21-10-12-39-21/h1-9,11,14,21H,10,12-13,15-16H2,(H,37,38)/t21-/m0/s1. The van der Waals surface area contributed by atoms with Crippen LogP contribution in [0.3, 0.4) is 0 Å². The van der Waals surface area contributed by atoms with Crippen LogP contribution in [0.25, 0.3) is 22.6 Å². The molecule has 11 heteroatoms. The lowest BCUT2D eigenvalue weighted by Crippen LogP contribution is -2.32. The van der Waals surface area contributed by atoms with Gasteiger partial charge in [-0.15, -0.1) is 0 Å². The molecule has 0 radical (unpaired) electrons. The summed E-state index contributed by atoms with van der Waals surface area (Å²) < 4.78 is 27.3. The molecule has 1 N–H and O–H groups in total. The molecule has 0 saturated carbocycles. The van der Waals surface area contributed by atoms with Gasteiger partial charge in [0, 0.05) is 41.4 Å². The Morgan fingerprint density at radius 3 is 2.65 bits per heavy atom. The number of hydrogen-bond donors (Lipinski definition) is 1. The number of hydrogen-bond acceptors (Lipinski definition) is 7. The van der Waals surface area contributed by atoms with Crippen molar-refractivity contribution in [1.29, 1.82) is 0 Å². The molecule has 202 valence electrons. The molecule has 6 rings (SSSR count). The SMILES string of the molecule is O=C(O)c1ccc2nc(Cc3ccc(-c4nccc(OCc5ccc(Cl)cc5F)n4)cc3)n(C[C@@H]3CCO3)c2n1. The first-order valence-corrected chi connectivity index (χ1v) is 13.0. The van der Waals surface area contributed by atoms with Gasteiger partial charge in [0.2, 0.25) is 5.88 Å². The van der Waals surface area contributed by atoms with Crippen LogP contribution in [-0.4, -0.2) is 48.3 Å². The van der Waals surface area contributed by atoms with Crippen LogP contribution in [0.15, 0.2) is 66.9 Å². The summed E-state index contributed by atoms with van der Waals surface area (Å²) in [5.41, 5.74) is 3.31. The topological polar surface area (TPSA) is 112 Å². The Hall–Kier alpha value is -4.41. The van der Waals surface area contributed by atoms with Crippen LogP contribution in [0.1, 0.15) is 33.9 Å². The molecule has 1 saturated heterocycles. The summed E-state index contributed by atoms with van der Waals surface area (Å²) >= 11 is 5.82. The molecule has 3 aromatic heterocycles. The van der Waals surface area contributed by atoms with Gasteiger partial charge in [-0.05, 0) is 36.2 Å². The van der Waals surface area contributed by atoms with E-state index >= 15 is 0 Å². The summed E-state index contributed by atoms with van der Waals surface area (Å²) in [7, 11) is 0. The molecule has 1 atom stereocenters. The fourth-order valence-corrected chi connectivity index (χ4v) is 4.59. The van der Waals surface area contributed by atoms with Crippen LogP contribution in [0.2, 0.25) is 5.02 Å². The van der Waals surface area contributed by atoms with Gasteiger partial charge in [0.05, 0.1) is 12.6 Å². The van der Waals surface area contributed by atoms with Crippen molar-refractivity contribution in [1.82, 2.24) is 24.5 Å². The molecule has 5 aromatic rings. The third-order valence-corrected chi connectivity index (χ3v) is 6.90. The van der Waals surface area contributed by atoms with Crippen LogP contribution in [0.4, 0.5) is 4.39 Å². The van der Waals surface area contributed by atoms with Gasteiger partial charge in [-0.2, -0.15) is 4.98 Å². The van der Waals surface area contributed by atoms with Crippen molar-refractivity contribution in [3.8, 4) is 17.3 Å². The highest BCUT2D eigenvalue weighted by Gasteiger charge is 2.23. The fraction of sp³-hybridized carbons (Fsp3) is 0.207. The average molecular weight is 560 g/mol. The van der Waals surface area contributed by atoms with Crippen molar-refractivity contribution in [2.24, 2.45) is 0 Å². The first-order chi connectivity index (χ1) is 19.4. The van der Waals surface area contributed by atoms with Crippen molar-refractivity contribution in [3.05, 3.63) is 100 Å². The molecule has 0 spiro atoms. The Balaban J connectivity index is 1.20. The lowest BCUT2D eigenvalue weighted by Gasteiger charge is -2.27. The molecule has 1 fully saturated rings. The quantitative estimate of drug-likeness (QED) is 0.258. The average Bonchev–Trinajstić information content (AvgIpc) is 3.26. The number of halogens is 2. The zero-order chi connectivity index (χ0) is 27.6. The molecule has 0 unspecified atom stereocenters. The van der Waals surface area contributed by atoms with E-state index in [-0.39, 0.29) is 18.4 Å². The zero-order valence-electron chi connectivity index (χ0n) is 21.1. The molecule has 0 aliphatic carbocycles. The van der Waals surface area contributed by atoms with Gasteiger partial charge in [-0.25, -0.2) is 24.1 Å². The largest absolute Gasteiger partial charge is 0.477 e. The molecule has 0 bridgehead atoms. The molecule has 4 heterocycles. The minimum atomic E-state index is -1.08. The Morgan fingerprint density at radius 2 is 1.93 bits per heavy atom. The van der Waals surface area contributed by atoms with Gasteiger partial charge < -0.3 is 19.1 Å². The van der Waals surface area contributed by atoms with Crippen LogP contribution in [-0.2, 0) is 24.3 Å². The smallest absolute Gasteiger partial charge is 0.354 e. The normalized spacial score (nSPS) is 14.7. The molecule has 2 aromatic carbocycles. The number of ether oxygens (including phenoxy) is 2. The monoisotopic (exact) mass is 559 g/mol. The third-order valence-electron chi connectivity index (χ3n) is 6.67. The summed E-state index contributed by atoms with van der Waals surface area (Å²) in [4.78, 5) is 29.4. The summed E-state index contributed by atoms with van der Waals surface area (Å²) in [5.74, 6) is 0.0445. The Bertz CT molecular complexity index is 1710. The van der Waals surface area contributed by atoms with Crippen molar-refractivity contribution in [2.45, 2.75) is 32.1 Å². The van der Waals surface area contributed by atoms with Gasteiger partial charge in [0.25, 0.3) is 0 Å². The Kier molecular flexibility index (Phi) is 7.10. The number of fused-ring (bicyclic) bond motifs is 1. The predicted octanol–water partition coefficient (Wildman–Crippen LogP) is 5.34. The second-order valence-electron chi connectivity index (χ2n) is 9.38. The van der Waals surface area contributed by atoms with Crippen LogP contribution >= 0.6 is 11.6 Å². The van der Waals surface area contributed by atoms with Crippen LogP contribution < -0.4 is 4.74 Å².